The van der Waals surface area contributed by atoms with Gasteiger partial charge < -0.3 is 15.0 Å². The molecule has 1 aromatic heterocycles. The molecule has 1 aliphatic heterocycles. The van der Waals surface area contributed by atoms with Gasteiger partial charge in [-0.2, -0.15) is 0 Å². The summed E-state index contributed by atoms with van der Waals surface area (Å²) in [5.74, 6) is 1.10. The molecule has 1 atom stereocenters. The Balaban J connectivity index is 2.16. The first-order valence-corrected chi connectivity index (χ1v) is 6.67. The Morgan fingerprint density at radius 2 is 2.39 bits per heavy atom. The topological polar surface area (TPSA) is 37.4 Å². The van der Waals surface area contributed by atoms with E-state index in [-0.39, 0.29) is 6.10 Å². The van der Waals surface area contributed by atoms with Crippen molar-refractivity contribution in [1.82, 2.24) is 10.3 Å². The molecule has 100 valence electrons. The van der Waals surface area contributed by atoms with Crippen LogP contribution < -0.4 is 10.2 Å². The Morgan fingerprint density at radius 3 is 3.11 bits per heavy atom. The standard InChI is InChI=1S/C14H23N3O/c1-11-7-13(8-15-3)9-16-14(11)17-5-4-6-18-12(2)10-17/h7,9,12,15H,4-6,8,10H2,1-3H3. The highest BCUT2D eigenvalue weighted by Crippen LogP contribution is 2.20. The summed E-state index contributed by atoms with van der Waals surface area (Å²) in [4.78, 5) is 6.97. The lowest BCUT2D eigenvalue weighted by Gasteiger charge is -2.25. The summed E-state index contributed by atoms with van der Waals surface area (Å²) in [7, 11) is 1.96. The van der Waals surface area contributed by atoms with E-state index >= 15 is 0 Å². The molecule has 4 heteroatoms. The summed E-state index contributed by atoms with van der Waals surface area (Å²) in [6.45, 7) is 7.95. The van der Waals surface area contributed by atoms with Crippen molar-refractivity contribution in [3.63, 3.8) is 0 Å². The second-order valence-corrected chi connectivity index (χ2v) is 5.00. The highest BCUT2D eigenvalue weighted by atomic mass is 16.5. The number of nitrogens with one attached hydrogen (secondary N) is 1. The van der Waals surface area contributed by atoms with E-state index in [2.05, 4.69) is 35.1 Å². The first-order valence-electron chi connectivity index (χ1n) is 6.67. The van der Waals surface area contributed by atoms with Crippen LogP contribution >= 0.6 is 0 Å². The third-order valence-corrected chi connectivity index (χ3v) is 3.24. The first-order chi connectivity index (χ1) is 8.70. The molecule has 0 radical (unpaired) electrons. The number of nitrogens with zero attached hydrogens (tertiary/aromatic N) is 2. The van der Waals surface area contributed by atoms with Crippen molar-refractivity contribution >= 4 is 5.82 Å². The zero-order valence-electron chi connectivity index (χ0n) is 11.6. The van der Waals surface area contributed by atoms with Crippen LogP contribution in [-0.4, -0.2) is 37.8 Å². The molecule has 2 heterocycles. The molecule has 0 saturated carbocycles. The first kappa shape index (κ1) is 13.3. The largest absolute Gasteiger partial charge is 0.377 e. The number of rotatable bonds is 3. The van der Waals surface area contributed by atoms with Crippen LogP contribution in [0.3, 0.4) is 0 Å². The van der Waals surface area contributed by atoms with Gasteiger partial charge in [-0.3, -0.25) is 0 Å². The quantitative estimate of drug-likeness (QED) is 0.885. The van der Waals surface area contributed by atoms with Crippen LogP contribution in [0.4, 0.5) is 5.82 Å². The summed E-state index contributed by atoms with van der Waals surface area (Å²) in [5, 5.41) is 3.15. The van der Waals surface area contributed by atoms with Crippen molar-refractivity contribution in [3.8, 4) is 0 Å². The molecule has 1 N–H and O–H groups in total. The van der Waals surface area contributed by atoms with E-state index in [4.69, 9.17) is 4.74 Å². The van der Waals surface area contributed by atoms with Crippen molar-refractivity contribution in [3.05, 3.63) is 23.4 Å². The summed E-state index contributed by atoms with van der Waals surface area (Å²) < 4.78 is 5.68. The van der Waals surface area contributed by atoms with Crippen molar-refractivity contribution in [2.24, 2.45) is 0 Å². The SMILES string of the molecule is CNCc1cnc(N2CCCOC(C)C2)c(C)c1. The third-order valence-electron chi connectivity index (χ3n) is 3.24. The fourth-order valence-electron chi connectivity index (χ4n) is 2.44. The molecule has 1 aromatic rings. The van der Waals surface area contributed by atoms with Gasteiger partial charge in [-0.15, -0.1) is 0 Å². The van der Waals surface area contributed by atoms with Gasteiger partial charge in [-0.25, -0.2) is 4.98 Å². The number of ether oxygens (including phenoxy) is 1. The Bertz CT molecular complexity index is 395. The average Bonchev–Trinajstić information content (AvgIpc) is 2.54. The maximum absolute atomic E-state index is 5.68. The van der Waals surface area contributed by atoms with Crippen LogP contribution in [0.2, 0.25) is 0 Å². The Kier molecular flexibility index (Phi) is 4.55. The molecule has 4 nitrogen and oxygen atoms in total. The van der Waals surface area contributed by atoms with E-state index in [1.54, 1.807) is 0 Å². The van der Waals surface area contributed by atoms with E-state index in [9.17, 15) is 0 Å². The van der Waals surface area contributed by atoms with Gasteiger partial charge in [0.05, 0.1) is 6.10 Å². The number of aryl methyl sites for hydroxylation is 1. The van der Waals surface area contributed by atoms with Crippen molar-refractivity contribution in [1.29, 1.82) is 0 Å². The highest BCUT2D eigenvalue weighted by Gasteiger charge is 2.17. The summed E-state index contributed by atoms with van der Waals surface area (Å²) >= 11 is 0. The molecule has 0 aliphatic carbocycles. The minimum atomic E-state index is 0.283. The van der Waals surface area contributed by atoms with E-state index in [0.717, 1.165) is 38.5 Å². The van der Waals surface area contributed by atoms with Crippen LogP contribution in [0.15, 0.2) is 12.3 Å². The molecule has 18 heavy (non-hydrogen) atoms. The third kappa shape index (κ3) is 3.21. The van der Waals surface area contributed by atoms with Gasteiger partial charge >= 0.3 is 0 Å². The molecule has 1 unspecified atom stereocenters. The smallest absolute Gasteiger partial charge is 0.131 e. The molecule has 1 aliphatic rings. The normalized spacial score (nSPS) is 20.8. The number of hydrogen-bond donors (Lipinski definition) is 1. The van der Waals surface area contributed by atoms with Gasteiger partial charge in [0.25, 0.3) is 0 Å². The maximum atomic E-state index is 5.68. The minimum Gasteiger partial charge on any atom is -0.377 e. The van der Waals surface area contributed by atoms with Crippen molar-refractivity contribution in [2.45, 2.75) is 32.9 Å². The van der Waals surface area contributed by atoms with Crippen LogP contribution in [0.25, 0.3) is 0 Å². The molecule has 1 saturated heterocycles. The Morgan fingerprint density at radius 1 is 1.56 bits per heavy atom. The van der Waals surface area contributed by atoms with Crippen molar-refractivity contribution < 1.29 is 4.74 Å². The van der Waals surface area contributed by atoms with Crippen LogP contribution in [0, 0.1) is 6.92 Å². The number of anilines is 1. The lowest BCUT2D eigenvalue weighted by atomic mass is 10.2. The van der Waals surface area contributed by atoms with E-state index in [1.807, 2.05) is 13.2 Å². The van der Waals surface area contributed by atoms with Crippen molar-refractivity contribution in [2.75, 3.05) is 31.6 Å². The zero-order chi connectivity index (χ0) is 13.0. The molecule has 0 amide bonds. The molecule has 1 fully saturated rings. The lowest BCUT2D eigenvalue weighted by Crippen LogP contribution is -2.31. The van der Waals surface area contributed by atoms with Crippen LogP contribution in [0.5, 0.6) is 0 Å². The predicted octanol–water partition coefficient (Wildman–Crippen LogP) is 1.72. The summed E-state index contributed by atoms with van der Waals surface area (Å²) in [6.07, 6.45) is 3.32. The second kappa shape index (κ2) is 6.16. The van der Waals surface area contributed by atoms with Gasteiger partial charge in [-0.05, 0) is 44.5 Å². The lowest BCUT2D eigenvalue weighted by molar-refractivity contribution is 0.0820. The van der Waals surface area contributed by atoms with Gasteiger partial charge in [0, 0.05) is 32.4 Å². The predicted molar refractivity (Wildman–Crippen MR) is 74.0 cm³/mol. The summed E-state index contributed by atoms with van der Waals surface area (Å²) in [5.41, 5.74) is 2.48. The Hall–Kier alpha value is -1.13. The molecule has 2 rings (SSSR count). The average molecular weight is 249 g/mol. The monoisotopic (exact) mass is 249 g/mol. The second-order valence-electron chi connectivity index (χ2n) is 5.00. The van der Waals surface area contributed by atoms with E-state index in [0.29, 0.717) is 0 Å². The summed E-state index contributed by atoms with van der Waals surface area (Å²) in [6, 6.07) is 2.22. The van der Waals surface area contributed by atoms with Crippen LogP contribution in [0.1, 0.15) is 24.5 Å². The fourth-order valence-corrected chi connectivity index (χ4v) is 2.44. The van der Waals surface area contributed by atoms with Gasteiger partial charge in [0.15, 0.2) is 0 Å². The molecule has 0 spiro atoms. The van der Waals surface area contributed by atoms with E-state index < -0.39 is 0 Å². The molecule has 0 aromatic carbocycles. The number of pyridine rings is 1. The molecular weight excluding hydrogens is 226 g/mol. The van der Waals surface area contributed by atoms with E-state index in [1.165, 1.54) is 11.1 Å². The Labute approximate surface area is 109 Å². The van der Waals surface area contributed by atoms with Gasteiger partial charge in [-0.1, -0.05) is 0 Å². The van der Waals surface area contributed by atoms with Crippen LogP contribution in [-0.2, 0) is 11.3 Å². The van der Waals surface area contributed by atoms with Gasteiger partial charge in [0.2, 0.25) is 0 Å². The molecular formula is C14H23N3O. The fraction of sp³-hybridized carbons (Fsp3) is 0.643. The molecule has 0 bridgehead atoms. The highest BCUT2D eigenvalue weighted by molar-refractivity contribution is 5.47. The van der Waals surface area contributed by atoms with Gasteiger partial charge in [0.1, 0.15) is 5.82 Å². The number of aromatic nitrogens is 1. The zero-order valence-corrected chi connectivity index (χ0v) is 11.6. The maximum Gasteiger partial charge on any atom is 0.131 e. The minimum absolute atomic E-state index is 0.283. The number of hydrogen-bond acceptors (Lipinski definition) is 4.